The second-order valence-electron chi connectivity index (χ2n) is 3.90. The lowest BCUT2D eigenvalue weighted by Gasteiger charge is -2.18. The summed E-state index contributed by atoms with van der Waals surface area (Å²) in [6.45, 7) is 2.51. The number of rotatable bonds is 7. The van der Waals surface area contributed by atoms with Crippen molar-refractivity contribution in [3.63, 3.8) is 0 Å². The summed E-state index contributed by atoms with van der Waals surface area (Å²) in [5.74, 6) is -10.5. The van der Waals surface area contributed by atoms with Gasteiger partial charge >= 0.3 is 17.9 Å². The van der Waals surface area contributed by atoms with Crippen LogP contribution < -0.4 is 0 Å². The average Bonchev–Trinajstić information content (AvgIpc) is 2.45. The number of aliphatic hydroxyl groups excluding tert-OH is 1. The van der Waals surface area contributed by atoms with Crippen LogP contribution in [0, 0.1) is 28.6 Å². The van der Waals surface area contributed by atoms with Gasteiger partial charge in [-0.3, -0.25) is 4.79 Å². The van der Waals surface area contributed by atoms with Gasteiger partial charge in [0.25, 0.3) is 0 Å². The van der Waals surface area contributed by atoms with E-state index in [0.717, 1.165) is 6.07 Å². The Bertz CT molecular complexity index is 546. The van der Waals surface area contributed by atoms with E-state index in [1.807, 2.05) is 0 Å². The van der Waals surface area contributed by atoms with Crippen LogP contribution >= 0.6 is 0 Å². The van der Waals surface area contributed by atoms with Gasteiger partial charge in [0.15, 0.2) is 11.3 Å². The van der Waals surface area contributed by atoms with Crippen molar-refractivity contribution in [2.45, 2.75) is 26.2 Å². The molecule has 120 valence electrons. The first-order chi connectivity index (χ1) is 10.2. The lowest BCUT2D eigenvalue weighted by molar-refractivity contribution is -0.148. The number of alkyl halides is 2. The number of carbonyl (C=O) groups excluding carboxylic acids is 2. The van der Waals surface area contributed by atoms with Crippen LogP contribution in [0.2, 0.25) is 0 Å². The fourth-order valence-electron chi connectivity index (χ4n) is 1.36. The predicted octanol–water partition coefficient (Wildman–Crippen LogP) is 1.61. The van der Waals surface area contributed by atoms with E-state index in [4.69, 9.17) is 10.5 Å². The van der Waals surface area contributed by atoms with Gasteiger partial charge in [-0.1, -0.05) is 0 Å². The number of hydrogen-bond acceptors (Lipinski definition) is 7. The highest BCUT2D eigenvalue weighted by Gasteiger charge is 2.43. The third-order valence-electron chi connectivity index (χ3n) is 2.36. The van der Waals surface area contributed by atoms with Gasteiger partial charge in [-0.2, -0.15) is 19.3 Å². The van der Waals surface area contributed by atoms with Crippen molar-refractivity contribution in [2.24, 2.45) is 5.92 Å². The van der Waals surface area contributed by atoms with Crippen molar-refractivity contribution < 1.29 is 33.0 Å². The van der Waals surface area contributed by atoms with Gasteiger partial charge in [0.2, 0.25) is 0 Å². The molecule has 0 saturated carbocycles. The quantitative estimate of drug-likeness (QED) is 0.328. The summed E-state index contributed by atoms with van der Waals surface area (Å²) in [5, 5.41) is 26.8. The molecule has 0 rings (SSSR count). The number of hydrogen-bond donors (Lipinski definition) is 1. The molecule has 0 spiro atoms. The van der Waals surface area contributed by atoms with Crippen LogP contribution in [0.15, 0.2) is 11.3 Å². The summed E-state index contributed by atoms with van der Waals surface area (Å²) < 4.78 is 36.5. The summed E-state index contributed by atoms with van der Waals surface area (Å²) in [6, 6.07) is 2.44. The summed E-state index contributed by atoms with van der Waals surface area (Å²) in [6.07, 6.45) is -1.43. The number of nitriles is 2. The minimum atomic E-state index is -4.15. The monoisotopic (exact) mass is 316 g/mol. The Balaban J connectivity index is 5.44. The molecule has 9 heteroatoms. The molecule has 1 atom stereocenters. The fourth-order valence-corrected chi connectivity index (χ4v) is 1.36. The van der Waals surface area contributed by atoms with Crippen LogP contribution in [-0.2, 0) is 19.1 Å². The van der Waals surface area contributed by atoms with Crippen LogP contribution in [-0.4, -0.2) is 36.2 Å². The van der Waals surface area contributed by atoms with Crippen LogP contribution in [0.5, 0.6) is 0 Å². The van der Waals surface area contributed by atoms with Gasteiger partial charge in [-0.25, -0.2) is 4.79 Å². The number of ether oxygens (including phenoxy) is 2. The van der Waals surface area contributed by atoms with Crippen molar-refractivity contribution in [3.8, 4) is 12.1 Å². The zero-order chi connectivity index (χ0) is 17.3. The second-order valence-corrected chi connectivity index (χ2v) is 3.90. The lowest BCUT2D eigenvalue weighted by atomic mass is 9.99. The zero-order valence-corrected chi connectivity index (χ0v) is 11.9. The highest BCUT2D eigenvalue weighted by molar-refractivity contribution is 5.93. The molecule has 0 aromatic rings. The first-order valence-corrected chi connectivity index (χ1v) is 6.20. The third-order valence-corrected chi connectivity index (χ3v) is 2.36. The largest absolute Gasteiger partial charge is 0.505 e. The third kappa shape index (κ3) is 5.02. The van der Waals surface area contributed by atoms with Gasteiger partial charge in [0.05, 0.1) is 19.3 Å². The van der Waals surface area contributed by atoms with Gasteiger partial charge < -0.3 is 14.6 Å². The number of carbonyl (C=O) groups is 2. The second kappa shape index (κ2) is 8.57. The highest BCUT2D eigenvalue weighted by Crippen LogP contribution is 2.32. The Morgan fingerprint density at radius 2 is 1.77 bits per heavy atom. The van der Waals surface area contributed by atoms with Crippen LogP contribution in [0.3, 0.4) is 0 Å². The van der Waals surface area contributed by atoms with Crippen LogP contribution in [0.4, 0.5) is 8.78 Å². The molecule has 0 heterocycles. The minimum Gasteiger partial charge on any atom is -0.505 e. The zero-order valence-electron chi connectivity index (χ0n) is 11.9. The van der Waals surface area contributed by atoms with E-state index in [2.05, 4.69) is 9.47 Å². The number of nitrogens with zero attached hydrogens (tertiary/aromatic N) is 2. The van der Waals surface area contributed by atoms with E-state index in [1.165, 1.54) is 19.9 Å². The average molecular weight is 316 g/mol. The topological polar surface area (TPSA) is 120 Å². The Hall–Kier alpha value is -2.68. The molecule has 0 amide bonds. The molecule has 1 unspecified atom stereocenters. The Labute approximate surface area is 125 Å². The number of halogens is 2. The first kappa shape index (κ1) is 19.3. The minimum absolute atomic E-state index is 0.114. The molecule has 7 nitrogen and oxygen atoms in total. The molecule has 0 aliphatic heterocycles. The molecule has 0 saturated heterocycles. The first-order valence-electron chi connectivity index (χ1n) is 6.20. The Kier molecular flexibility index (Phi) is 7.53. The maximum absolute atomic E-state index is 13.9. The van der Waals surface area contributed by atoms with E-state index < -0.39 is 41.5 Å². The van der Waals surface area contributed by atoms with E-state index in [-0.39, 0.29) is 13.2 Å². The summed E-state index contributed by atoms with van der Waals surface area (Å²) in [5.41, 5.74) is -1.28. The number of esters is 2. The van der Waals surface area contributed by atoms with Gasteiger partial charge in [-0.05, 0) is 13.8 Å². The lowest BCUT2D eigenvalue weighted by Crippen LogP contribution is -2.30. The Morgan fingerprint density at radius 1 is 1.23 bits per heavy atom. The molecule has 22 heavy (non-hydrogen) atoms. The number of aliphatic hydroxyl groups is 1. The Morgan fingerprint density at radius 3 is 2.18 bits per heavy atom. The maximum atomic E-state index is 13.9. The van der Waals surface area contributed by atoms with Gasteiger partial charge in [-0.15, -0.1) is 0 Å². The normalized spacial score (nSPS) is 13.2. The van der Waals surface area contributed by atoms with E-state index in [0.29, 0.717) is 0 Å². The van der Waals surface area contributed by atoms with E-state index in [1.54, 1.807) is 0 Å². The molecule has 1 N–H and O–H groups in total. The van der Waals surface area contributed by atoms with Crippen LogP contribution in [0.1, 0.15) is 20.3 Å². The molecule has 0 aliphatic rings. The molecular formula is C13H14F2N2O5. The van der Waals surface area contributed by atoms with E-state index in [9.17, 15) is 23.5 Å². The molecule has 0 aromatic carbocycles. The van der Waals surface area contributed by atoms with Crippen molar-refractivity contribution in [1.29, 1.82) is 10.5 Å². The number of allylic oxidation sites excluding steroid dienone is 1. The predicted molar refractivity (Wildman–Crippen MR) is 67.2 cm³/mol. The van der Waals surface area contributed by atoms with Gasteiger partial charge in [0, 0.05) is 6.42 Å². The molecule has 0 aromatic heterocycles. The van der Waals surface area contributed by atoms with Crippen molar-refractivity contribution in [1.82, 2.24) is 0 Å². The van der Waals surface area contributed by atoms with Crippen molar-refractivity contribution in [2.75, 3.05) is 13.2 Å². The highest BCUT2D eigenvalue weighted by atomic mass is 19.3. The molecule has 0 bridgehead atoms. The summed E-state index contributed by atoms with van der Waals surface area (Å²) in [7, 11) is 0. The summed E-state index contributed by atoms with van der Waals surface area (Å²) >= 11 is 0. The fraction of sp³-hybridized carbons (Fsp3) is 0.538. The van der Waals surface area contributed by atoms with E-state index >= 15 is 0 Å². The van der Waals surface area contributed by atoms with Crippen molar-refractivity contribution in [3.05, 3.63) is 11.3 Å². The smallest absolute Gasteiger partial charge is 0.352 e. The molecular weight excluding hydrogens is 302 g/mol. The standard InChI is InChI=1S/C13H14F2N2O5/c1-3-21-11(19)8(6-16)5-13(14,15)10(18)9(7-17)12(20)22-4-2/h8,18H,3-5H2,1-2H3/b10-9-. The maximum Gasteiger partial charge on any atom is 0.352 e. The van der Waals surface area contributed by atoms with Crippen molar-refractivity contribution >= 4 is 11.9 Å². The molecule has 0 aliphatic carbocycles. The molecule has 0 radical (unpaired) electrons. The SMILES string of the molecule is CCOC(=O)/C(C#N)=C(\O)C(F)(F)CC(C#N)C(=O)OCC. The molecule has 0 fully saturated rings. The van der Waals surface area contributed by atoms with Gasteiger partial charge in [0.1, 0.15) is 12.0 Å². The summed E-state index contributed by atoms with van der Waals surface area (Å²) in [4.78, 5) is 22.6. The van der Waals surface area contributed by atoms with Crippen LogP contribution in [0.25, 0.3) is 0 Å².